The van der Waals surface area contributed by atoms with Gasteiger partial charge in [-0.15, -0.1) is 0 Å². The van der Waals surface area contributed by atoms with Crippen molar-refractivity contribution in [3.63, 3.8) is 0 Å². The SMILES string of the molecule is NC(=O)c1cccc(CCNC(=O)N2CCN(S(=O)(=O)c3cccc(Cl)c3Cl)CC2)c1. The van der Waals surface area contributed by atoms with Gasteiger partial charge in [-0.3, -0.25) is 4.79 Å². The van der Waals surface area contributed by atoms with Gasteiger partial charge in [-0.05, 0) is 36.2 Å². The number of nitrogens with zero attached hydrogens (tertiary/aromatic N) is 2. The lowest BCUT2D eigenvalue weighted by Crippen LogP contribution is -2.53. The average molecular weight is 485 g/mol. The first-order chi connectivity index (χ1) is 14.7. The summed E-state index contributed by atoms with van der Waals surface area (Å²) in [7, 11) is -3.81. The van der Waals surface area contributed by atoms with E-state index in [2.05, 4.69) is 5.32 Å². The summed E-state index contributed by atoms with van der Waals surface area (Å²) in [5, 5.41) is 2.97. The third kappa shape index (κ3) is 5.48. The molecule has 31 heavy (non-hydrogen) atoms. The largest absolute Gasteiger partial charge is 0.366 e. The van der Waals surface area contributed by atoms with Crippen molar-refractivity contribution in [3.8, 4) is 0 Å². The van der Waals surface area contributed by atoms with Crippen LogP contribution in [-0.4, -0.2) is 62.3 Å². The van der Waals surface area contributed by atoms with Crippen LogP contribution in [0.2, 0.25) is 10.0 Å². The van der Waals surface area contributed by atoms with Crippen LogP contribution in [0.5, 0.6) is 0 Å². The molecule has 11 heteroatoms. The summed E-state index contributed by atoms with van der Waals surface area (Å²) in [5.41, 5.74) is 6.57. The first kappa shape index (κ1) is 23.3. The fourth-order valence-corrected chi connectivity index (χ4v) is 5.42. The molecule has 8 nitrogen and oxygen atoms in total. The Balaban J connectivity index is 1.52. The molecule has 0 bridgehead atoms. The van der Waals surface area contributed by atoms with Gasteiger partial charge >= 0.3 is 6.03 Å². The number of urea groups is 1. The Morgan fingerprint density at radius 2 is 1.71 bits per heavy atom. The van der Waals surface area contributed by atoms with Gasteiger partial charge in [0.05, 0.1) is 10.0 Å². The molecule has 0 radical (unpaired) electrons. The molecule has 1 saturated heterocycles. The molecular formula is C20H22Cl2N4O4S. The molecule has 0 aliphatic carbocycles. The molecule has 0 aromatic heterocycles. The number of hydrogen-bond acceptors (Lipinski definition) is 4. The van der Waals surface area contributed by atoms with Crippen molar-refractivity contribution in [2.24, 2.45) is 5.73 Å². The number of hydrogen-bond donors (Lipinski definition) is 2. The fraction of sp³-hybridized carbons (Fsp3) is 0.300. The van der Waals surface area contributed by atoms with Gasteiger partial charge in [0.25, 0.3) is 0 Å². The minimum Gasteiger partial charge on any atom is -0.366 e. The summed E-state index contributed by atoms with van der Waals surface area (Å²) in [6.45, 7) is 1.18. The van der Waals surface area contributed by atoms with E-state index in [1.807, 2.05) is 6.07 Å². The Morgan fingerprint density at radius 3 is 2.39 bits per heavy atom. The van der Waals surface area contributed by atoms with Crippen molar-refractivity contribution >= 4 is 45.2 Å². The van der Waals surface area contributed by atoms with Gasteiger partial charge in [-0.25, -0.2) is 13.2 Å². The number of nitrogens with two attached hydrogens (primary N) is 1. The minimum absolute atomic E-state index is 0.00950. The van der Waals surface area contributed by atoms with Crippen molar-refractivity contribution in [2.45, 2.75) is 11.3 Å². The highest BCUT2D eigenvalue weighted by molar-refractivity contribution is 7.89. The normalized spacial score (nSPS) is 15.0. The molecule has 3 rings (SSSR count). The summed E-state index contributed by atoms with van der Waals surface area (Å²) in [5.74, 6) is -0.502. The second-order valence-corrected chi connectivity index (χ2v) is 9.68. The van der Waals surface area contributed by atoms with Gasteiger partial charge in [0.2, 0.25) is 15.9 Å². The summed E-state index contributed by atoms with van der Waals surface area (Å²) < 4.78 is 27.0. The van der Waals surface area contributed by atoms with Crippen LogP contribution in [0, 0.1) is 0 Å². The van der Waals surface area contributed by atoms with Crippen molar-refractivity contribution in [1.82, 2.24) is 14.5 Å². The molecule has 1 heterocycles. The maximum Gasteiger partial charge on any atom is 0.317 e. The number of benzene rings is 2. The van der Waals surface area contributed by atoms with Crippen LogP contribution in [-0.2, 0) is 16.4 Å². The number of sulfonamides is 1. The lowest BCUT2D eigenvalue weighted by Gasteiger charge is -2.34. The predicted molar refractivity (Wildman–Crippen MR) is 119 cm³/mol. The Bertz CT molecular complexity index is 1090. The van der Waals surface area contributed by atoms with Gasteiger partial charge in [0.15, 0.2) is 0 Å². The van der Waals surface area contributed by atoms with Crippen molar-refractivity contribution in [3.05, 3.63) is 63.6 Å². The van der Waals surface area contributed by atoms with Crippen LogP contribution < -0.4 is 11.1 Å². The molecule has 0 spiro atoms. The third-order valence-corrected chi connectivity index (χ3v) is 7.83. The Morgan fingerprint density at radius 1 is 1.03 bits per heavy atom. The van der Waals surface area contributed by atoms with E-state index in [9.17, 15) is 18.0 Å². The van der Waals surface area contributed by atoms with Crippen molar-refractivity contribution < 1.29 is 18.0 Å². The molecule has 1 fully saturated rings. The number of nitrogens with one attached hydrogen (secondary N) is 1. The van der Waals surface area contributed by atoms with E-state index in [4.69, 9.17) is 28.9 Å². The zero-order chi connectivity index (χ0) is 22.6. The number of primary amides is 1. The minimum atomic E-state index is -3.81. The van der Waals surface area contributed by atoms with Gasteiger partial charge in [-0.2, -0.15) is 4.31 Å². The molecule has 3 amide bonds. The van der Waals surface area contributed by atoms with E-state index in [1.165, 1.54) is 22.5 Å². The van der Waals surface area contributed by atoms with Crippen LogP contribution in [0.4, 0.5) is 4.79 Å². The number of halogens is 2. The number of rotatable bonds is 6. The van der Waals surface area contributed by atoms with E-state index in [-0.39, 0.29) is 47.2 Å². The fourth-order valence-electron chi connectivity index (χ4n) is 3.26. The summed E-state index contributed by atoms with van der Waals surface area (Å²) in [6.07, 6.45) is 0.536. The zero-order valence-electron chi connectivity index (χ0n) is 16.6. The molecule has 0 atom stereocenters. The van der Waals surface area contributed by atoms with Crippen LogP contribution in [0.1, 0.15) is 15.9 Å². The van der Waals surface area contributed by atoms with E-state index in [1.54, 1.807) is 23.1 Å². The van der Waals surface area contributed by atoms with Crippen LogP contribution in [0.3, 0.4) is 0 Å². The van der Waals surface area contributed by atoms with Crippen LogP contribution >= 0.6 is 23.2 Å². The number of amides is 3. The standard InChI is InChI=1S/C20H22Cl2N4O4S/c21-16-5-2-6-17(18(16)22)31(29,30)26-11-9-25(10-12-26)20(28)24-8-7-14-3-1-4-15(13-14)19(23)27/h1-6,13H,7-12H2,(H2,23,27)(H,24,28). The first-order valence-corrected chi connectivity index (χ1v) is 11.8. The van der Waals surface area contributed by atoms with E-state index < -0.39 is 15.9 Å². The monoisotopic (exact) mass is 484 g/mol. The molecule has 3 N–H and O–H groups in total. The average Bonchev–Trinajstić information content (AvgIpc) is 2.75. The first-order valence-electron chi connectivity index (χ1n) is 9.56. The highest BCUT2D eigenvalue weighted by atomic mass is 35.5. The maximum atomic E-state index is 12.9. The molecule has 2 aromatic carbocycles. The van der Waals surface area contributed by atoms with Gasteiger partial charge in [0, 0.05) is 38.3 Å². The van der Waals surface area contributed by atoms with Gasteiger partial charge in [-0.1, -0.05) is 41.4 Å². The number of carbonyl (C=O) groups is 2. The number of piperazine rings is 1. The molecule has 2 aromatic rings. The highest BCUT2D eigenvalue weighted by Crippen LogP contribution is 2.31. The Hall–Kier alpha value is -2.33. The molecule has 0 unspecified atom stereocenters. The van der Waals surface area contributed by atoms with Gasteiger partial charge in [0.1, 0.15) is 4.90 Å². The van der Waals surface area contributed by atoms with Crippen LogP contribution in [0.25, 0.3) is 0 Å². The lowest BCUT2D eigenvalue weighted by molar-refractivity contribution is 0.1000. The van der Waals surface area contributed by atoms with E-state index >= 15 is 0 Å². The summed E-state index contributed by atoms with van der Waals surface area (Å²) in [6, 6.07) is 11.1. The summed E-state index contributed by atoms with van der Waals surface area (Å²) >= 11 is 12.0. The van der Waals surface area contributed by atoms with E-state index in [0.29, 0.717) is 18.5 Å². The second kappa shape index (κ2) is 9.86. The lowest BCUT2D eigenvalue weighted by atomic mass is 10.1. The molecule has 1 aliphatic heterocycles. The predicted octanol–water partition coefficient (Wildman–Crippen LogP) is 2.35. The highest BCUT2D eigenvalue weighted by Gasteiger charge is 2.31. The quantitative estimate of drug-likeness (QED) is 0.654. The molecule has 0 saturated carbocycles. The smallest absolute Gasteiger partial charge is 0.317 e. The number of carbonyl (C=O) groups excluding carboxylic acids is 2. The van der Waals surface area contributed by atoms with Gasteiger partial charge < -0.3 is 16.0 Å². The van der Waals surface area contributed by atoms with Crippen molar-refractivity contribution in [1.29, 1.82) is 0 Å². The van der Waals surface area contributed by atoms with Crippen molar-refractivity contribution in [2.75, 3.05) is 32.7 Å². The maximum absolute atomic E-state index is 12.9. The van der Waals surface area contributed by atoms with E-state index in [0.717, 1.165) is 5.56 Å². The summed E-state index contributed by atoms with van der Waals surface area (Å²) in [4.78, 5) is 25.2. The second-order valence-electron chi connectivity index (χ2n) is 6.99. The Labute approximate surface area is 191 Å². The zero-order valence-corrected chi connectivity index (χ0v) is 18.9. The molecule has 166 valence electrons. The topological polar surface area (TPSA) is 113 Å². The molecule has 1 aliphatic rings. The third-order valence-electron chi connectivity index (χ3n) is 4.96. The molecular weight excluding hydrogens is 463 g/mol. The Kier molecular flexibility index (Phi) is 7.42. The van der Waals surface area contributed by atoms with Crippen LogP contribution in [0.15, 0.2) is 47.4 Å².